The van der Waals surface area contributed by atoms with Crippen LogP contribution in [0.1, 0.15) is 0 Å². The lowest BCUT2D eigenvalue weighted by atomic mass is 10.1. The van der Waals surface area contributed by atoms with Gasteiger partial charge in [0, 0.05) is 16.1 Å². The predicted octanol–water partition coefficient (Wildman–Crippen LogP) is 6.32. The molecular weight excluding hydrogens is 463 g/mol. The maximum Gasteiger partial charge on any atom is 0.368 e. The summed E-state index contributed by atoms with van der Waals surface area (Å²) >= 11 is 17.7. The second-order valence-electron chi connectivity index (χ2n) is 6.45. The maximum atomic E-state index is 12.8. The molecule has 0 fully saturated rings. The first-order valence-corrected chi connectivity index (χ1v) is 10.2. The van der Waals surface area contributed by atoms with Crippen LogP contribution in [0.2, 0.25) is 10.0 Å². The van der Waals surface area contributed by atoms with Crippen LogP contribution >= 0.6 is 34.8 Å². The Bertz CT molecular complexity index is 1300. The number of benzene rings is 3. The number of alkyl halides is 1. The summed E-state index contributed by atoms with van der Waals surface area (Å²) in [6.45, 7) is 0. The molecule has 156 valence electrons. The number of hydrogen-bond acceptors (Lipinski definition) is 5. The van der Waals surface area contributed by atoms with Gasteiger partial charge >= 0.3 is 5.97 Å². The number of esters is 1. The second-order valence-corrected chi connectivity index (χ2v) is 7.72. The van der Waals surface area contributed by atoms with Gasteiger partial charge in [-0.3, -0.25) is 4.79 Å². The fourth-order valence-corrected chi connectivity index (χ4v) is 3.24. The first kappa shape index (κ1) is 21.2. The quantitative estimate of drug-likeness (QED) is 0.192. The van der Waals surface area contributed by atoms with Crippen molar-refractivity contribution >= 4 is 51.7 Å². The van der Waals surface area contributed by atoms with E-state index in [0.29, 0.717) is 32.3 Å². The first-order valence-electron chi connectivity index (χ1n) is 9.00. The zero-order valence-corrected chi connectivity index (χ0v) is 17.9. The van der Waals surface area contributed by atoms with E-state index in [4.69, 9.17) is 48.7 Å². The van der Waals surface area contributed by atoms with E-state index in [1.54, 1.807) is 48.5 Å². The van der Waals surface area contributed by atoms with Crippen LogP contribution in [0.5, 0.6) is 11.5 Å². The highest BCUT2D eigenvalue weighted by Gasteiger charge is 2.20. The molecule has 0 saturated carbocycles. The fraction of sp³-hybridized carbons (Fsp3) is 0.0435. The van der Waals surface area contributed by atoms with E-state index in [2.05, 4.69) is 0 Å². The summed E-state index contributed by atoms with van der Waals surface area (Å²) in [7, 11) is 0. The van der Waals surface area contributed by atoms with Gasteiger partial charge < -0.3 is 13.9 Å². The molecule has 4 aromatic rings. The molecule has 4 rings (SSSR count). The Morgan fingerprint density at radius 2 is 1.48 bits per heavy atom. The molecule has 31 heavy (non-hydrogen) atoms. The minimum absolute atomic E-state index is 0.158. The maximum absolute atomic E-state index is 12.8. The number of carbonyl (C=O) groups excluding carboxylic acids is 1. The van der Waals surface area contributed by atoms with Gasteiger partial charge in [-0.2, -0.15) is 0 Å². The fourth-order valence-electron chi connectivity index (χ4n) is 2.84. The summed E-state index contributed by atoms with van der Waals surface area (Å²) in [5, 5.41) is 1.43. The number of fused-ring (bicyclic) bond motifs is 1. The normalized spacial score (nSPS) is 11.8. The van der Waals surface area contributed by atoms with E-state index >= 15 is 0 Å². The molecule has 0 amide bonds. The van der Waals surface area contributed by atoms with Crippen molar-refractivity contribution in [2.24, 2.45) is 0 Å². The highest BCUT2D eigenvalue weighted by molar-refractivity contribution is 6.31. The van der Waals surface area contributed by atoms with Gasteiger partial charge in [0.1, 0.15) is 23.3 Å². The van der Waals surface area contributed by atoms with Crippen LogP contribution < -0.4 is 14.9 Å². The van der Waals surface area contributed by atoms with Gasteiger partial charge in [0.2, 0.25) is 0 Å². The van der Waals surface area contributed by atoms with E-state index in [1.807, 2.05) is 0 Å². The van der Waals surface area contributed by atoms with E-state index in [9.17, 15) is 9.59 Å². The van der Waals surface area contributed by atoms with Gasteiger partial charge in [0.25, 0.3) is 5.56 Å². The smallest absolute Gasteiger partial charge is 0.368 e. The lowest BCUT2D eigenvalue weighted by Gasteiger charge is -2.12. The van der Waals surface area contributed by atoms with Crippen molar-refractivity contribution < 1.29 is 18.7 Å². The molecule has 1 aromatic heterocycles. The van der Waals surface area contributed by atoms with Crippen LogP contribution in [0.4, 0.5) is 0 Å². The summed E-state index contributed by atoms with van der Waals surface area (Å²) in [5.41, 5.74) is -0.261. The van der Waals surface area contributed by atoms with Crippen molar-refractivity contribution in [1.29, 1.82) is 0 Å². The zero-order valence-electron chi connectivity index (χ0n) is 15.7. The molecule has 5 nitrogen and oxygen atoms in total. The minimum atomic E-state index is -1.38. The predicted molar refractivity (Wildman–Crippen MR) is 120 cm³/mol. The highest BCUT2D eigenvalue weighted by Crippen LogP contribution is 2.25. The molecule has 1 atom stereocenters. The molecule has 0 radical (unpaired) electrons. The Balaban J connectivity index is 1.53. The van der Waals surface area contributed by atoms with Crippen molar-refractivity contribution in [3.8, 4) is 22.6 Å². The molecule has 0 bridgehead atoms. The van der Waals surface area contributed by atoms with Crippen molar-refractivity contribution in [1.82, 2.24) is 0 Å². The molecule has 3 aromatic carbocycles. The van der Waals surface area contributed by atoms with E-state index in [-0.39, 0.29) is 16.8 Å². The Morgan fingerprint density at radius 1 is 0.871 bits per heavy atom. The lowest BCUT2D eigenvalue weighted by molar-refractivity contribution is -0.138. The third-order valence-corrected chi connectivity index (χ3v) is 5.13. The van der Waals surface area contributed by atoms with Crippen molar-refractivity contribution in [2.75, 3.05) is 0 Å². The summed E-state index contributed by atoms with van der Waals surface area (Å²) in [6, 6.07) is 17.7. The van der Waals surface area contributed by atoms with Gasteiger partial charge in [-0.05, 0) is 54.1 Å². The molecule has 0 N–H and O–H groups in total. The Labute approximate surface area is 191 Å². The standard InChI is InChI=1S/C23H13Cl3O5/c24-14-3-1-13(2-4-14)19-12-29-20-11-17(9-10-18(20)21(19)27)31-23(28)22(26)30-16-7-5-15(25)6-8-16/h1-12,22H. The van der Waals surface area contributed by atoms with E-state index < -0.39 is 11.5 Å². The third-order valence-electron chi connectivity index (χ3n) is 4.36. The van der Waals surface area contributed by atoms with Crippen molar-refractivity contribution in [3.63, 3.8) is 0 Å². The van der Waals surface area contributed by atoms with Gasteiger partial charge in [0.05, 0.1) is 10.9 Å². The Hall–Kier alpha value is -2.99. The summed E-state index contributed by atoms with van der Waals surface area (Å²) in [6.07, 6.45) is 1.35. The number of rotatable bonds is 5. The largest absolute Gasteiger partial charge is 0.463 e. The van der Waals surface area contributed by atoms with Gasteiger partial charge in [-0.25, -0.2) is 4.79 Å². The zero-order chi connectivity index (χ0) is 22.0. The molecule has 8 heteroatoms. The number of hydrogen-bond donors (Lipinski definition) is 0. The van der Waals surface area contributed by atoms with Crippen molar-refractivity contribution in [3.05, 3.63) is 93.3 Å². The van der Waals surface area contributed by atoms with Crippen LogP contribution in [0.3, 0.4) is 0 Å². The molecule has 1 unspecified atom stereocenters. The number of carbonyl (C=O) groups is 1. The number of ether oxygens (including phenoxy) is 2. The molecule has 0 aliphatic carbocycles. The summed E-state index contributed by atoms with van der Waals surface area (Å²) in [5.74, 6) is -0.304. The highest BCUT2D eigenvalue weighted by atomic mass is 35.5. The topological polar surface area (TPSA) is 65.7 Å². The van der Waals surface area contributed by atoms with Gasteiger partial charge in [-0.1, -0.05) is 46.9 Å². The average molecular weight is 476 g/mol. The minimum Gasteiger partial charge on any atom is -0.463 e. The molecule has 0 spiro atoms. The Morgan fingerprint density at radius 3 is 2.16 bits per heavy atom. The second kappa shape index (κ2) is 9.02. The average Bonchev–Trinajstić information content (AvgIpc) is 2.76. The van der Waals surface area contributed by atoms with Crippen LogP contribution in [0.15, 0.2) is 82.2 Å². The molecule has 0 aliphatic rings. The van der Waals surface area contributed by atoms with E-state index in [0.717, 1.165) is 0 Å². The van der Waals surface area contributed by atoms with E-state index in [1.165, 1.54) is 24.5 Å². The molecule has 0 aliphatic heterocycles. The van der Waals surface area contributed by atoms with Crippen LogP contribution in [-0.4, -0.2) is 11.5 Å². The lowest BCUT2D eigenvalue weighted by Crippen LogP contribution is -2.26. The van der Waals surface area contributed by atoms with Gasteiger partial charge in [0.15, 0.2) is 5.43 Å². The number of halogens is 3. The van der Waals surface area contributed by atoms with Crippen LogP contribution in [-0.2, 0) is 4.79 Å². The first-order chi connectivity index (χ1) is 14.9. The van der Waals surface area contributed by atoms with Gasteiger partial charge in [-0.15, -0.1) is 0 Å². The van der Waals surface area contributed by atoms with Crippen LogP contribution in [0.25, 0.3) is 22.1 Å². The molecular formula is C23H13Cl3O5. The monoisotopic (exact) mass is 474 g/mol. The third kappa shape index (κ3) is 4.85. The Kier molecular flexibility index (Phi) is 6.18. The van der Waals surface area contributed by atoms with Crippen LogP contribution in [0, 0.1) is 0 Å². The summed E-state index contributed by atoms with van der Waals surface area (Å²) in [4.78, 5) is 25.1. The SMILES string of the molecule is O=C(Oc1ccc2c(=O)c(-c3ccc(Cl)cc3)coc2c1)C(Cl)Oc1ccc(Cl)cc1. The molecule has 1 heterocycles. The van der Waals surface area contributed by atoms with Crippen molar-refractivity contribution in [2.45, 2.75) is 5.56 Å². The molecule has 0 saturated heterocycles. The summed E-state index contributed by atoms with van der Waals surface area (Å²) < 4.78 is 16.2.